The summed E-state index contributed by atoms with van der Waals surface area (Å²) in [5.74, 6) is 1.13. The third kappa shape index (κ3) is 3.34. The Morgan fingerprint density at radius 3 is 2.48 bits per heavy atom. The predicted octanol–water partition coefficient (Wildman–Crippen LogP) is 5.06. The maximum Gasteiger partial charge on any atom is 0.144 e. The number of hydrogen-bond acceptors (Lipinski definition) is 3. The van der Waals surface area contributed by atoms with Crippen LogP contribution in [-0.2, 0) is 6.54 Å². The second-order valence-corrected chi connectivity index (χ2v) is 6.30. The molecule has 0 saturated heterocycles. The van der Waals surface area contributed by atoms with Crippen LogP contribution in [-0.4, -0.2) is 27.7 Å². The van der Waals surface area contributed by atoms with E-state index in [-0.39, 0.29) is 5.75 Å². The Morgan fingerprint density at radius 2 is 1.80 bits per heavy atom. The summed E-state index contributed by atoms with van der Waals surface area (Å²) in [6, 6.07) is 14.1. The molecule has 2 aromatic carbocycles. The molecule has 0 spiro atoms. The molecule has 3 aromatic rings. The van der Waals surface area contributed by atoms with E-state index in [1.807, 2.05) is 30.3 Å². The molecule has 0 aliphatic rings. The fourth-order valence-electron chi connectivity index (χ4n) is 3.32. The van der Waals surface area contributed by atoms with E-state index < -0.39 is 0 Å². The third-order valence-corrected chi connectivity index (χ3v) is 4.74. The van der Waals surface area contributed by atoms with E-state index in [4.69, 9.17) is 4.98 Å². The molecule has 0 bridgehead atoms. The molecular formula is C21H27N3O. The topological polar surface area (TPSA) is 41.3 Å². The van der Waals surface area contributed by atoms with Crippen LogP contribution in [0.25, 0.3) is 22.4 Å². The van der Waals surface area contributed by atoms with Gasteiger partial charge >= 0.3 is 0 Å². The lowest BCUT2D eigenvalue weighted by atomic mass is 10.1. The molecule has 25 heavy (non-hydrogen) atoms. The van der Waals surface area contributed by atoms with Crippen LogP contribution in [0.3, 0.4) is 0 Å². The van der Waals surface area contributed by atoms with Gasteiger partial charge in [0.2, 0.25) is 0 Å². The van der Waals surface area contributed by atoms with Gasteiger partial charge in [0.05, 0.1) is 16.6 Å². The van der Waals surface area contributed by atoms with Crippen LogP contribution in [0.5, 0.6) is 5.75 Å². The number of benzene rings is 2. The van der Waals surface area contributed by atoms with Crippen molar-refractivity contribution in [2.75, 3.05) is 18.0 Å². The first-order valence-corrected chi connectivity index (χ1v) is 9.23. The summed E-state index contributed by atoms with van der Waals surface area (Å²) in [7, 11) is 0. The molecule has 4 heteroatoms. The van der Waals surface area contributed by atoms with Gasteiger partial charge in [-0.1, -0.05) is 25.5 Å². The average molecular weight is 337 g/mol. The average Bonchev–Trinajstić information content (AvgIpc) is 2.99. The number of nitrogens with zero attached hydrogens (tertiary/aromatic N) is 3. The van der Waals surface area contributed by atoms with Crippen LogP contribution in [0.1, 0.15) is 33.6 Å². The predicted molar refractivity (Wildman–Crippen MR) is 105 cm³/mol. The molecule has 132 valence electrons. The normalized spacial score (nSPS) is 11.2. The van der Waals surface area contributed by atoms with Gasteiger partial charge in [0.1, 0.15) is 11.6 Å². The van der Waals surface area contributed by atoms with Gasteiger partial charge in [-0.25, -0.2) is 4.98 Å². The number of phenols is 1. The number of phenolic OH excluding ortho intramolecular Hbond substituents is 1. The van der Waals surface area contributed by atoms with E-state index in [1.54, 1.807) is 0 Å². The molecule has 0 fully saturated rings. The number of unbranched alkanes of at least 4 members (excludes halogenated alkanes) is 1. The van der Waals surface area contributed by atoms with Crippen molar-refractivity contribution in [2.45, 2.75) is 40.2 Å². The highest BCUT2D eigenvalue weighted by molar-refractivity contribution is 5.82. The Hall–Kier alpha value is -2.49. The zero-order valence-corrected chi connectivity index (χ0v) is 15.4. The number of aromatic hydroxyl groups is 1. The summed E-state index contributed by atoms with van der Waals surface area (Å²) in [6.07, 6.45) is 2.21. The first-order valence-electron chi connectivity index (χ1n) is 9.23. The minimum atomic E-state index is 0.289. The van der Waals surface area contributed by atoms with Gasteiger partial charge in [0, 0.05) is 31.4 Å². The van der Waals surface area contributed by atoms with E-state index in [9.17, 15) is 5.11 Å². The number of imidazole rings is 1. The lowest BCUT2D eigenvalue weighted by Crippen LogP contribution is -2.21. The first kappa shape index (κ1) is 17.3. The number of rotatable bonds is 7. The molecule has 1 aromatic heterocycles. The van der Waals surface area contributed by atoms with E-state index in [2.05, 4.69) is 42.4 Å². The van der Waals surface area contributed by atoms with E-state index in [1.165, 1.54) is 0 Å². The SMILES string of the molecule is CCCCn1c(-c2ccc(N(CC)CC)cc2O)nc2ccccc21. The molecule has 0 unspecified atom stereocenters. The van der Waals surface area contributed by atoms with Gasteiger partial charge in [0.15, 0.2) is 0 Å². The van der Waals surface area contributed by atoms with Gasteiger partial charge < -0.3 is 14.6 Å². The first-order chi connectivity index (χ1) is 12.2. The second kappa shape index (κ2) is 7.60. The Labute approximate surface area is 149 Å². The maximum absolute atomic E-state index is 10.7. The third-order valence-electron chi connectivity index (χ3n) is 4.74. The Bertz CT molecular complexity index is 849. The number of aromatic nitrogens is 2. The van der Waals surface area contributed by atoms with Crippen molar-refractivity contribution in [1.29, 1.82) is 0 Å². The fraction of sp³-hybridized carbons (Fsp3) is 0.381. The number of hydrogen-bond donors (Lipinski definition) is 1. The van der Waals surface area contributed by atoms with Crippen molar-refractivity contribution in [3.63, 3.8) is 0 Å². The molecule has 0 radical (unpaired) electrons. The summed E-state index contributed by atoms with van der Waals surface area (Å²) in [6.45, 7) is 9.19. The summed E-state index contributed by atoms with van der Waals surface area (Å²) in [5.41, 5.74) is 3.93. The van der Waals surface area contributed by atoms with Crippen LogP contribution in [0.2, 0.25) is 0 Å². The molecule has 0 atom stereocenters. The number of fused-ring (bicyclic) bond motifs is 1. The maximum atomic E-state index is 10.7. The zero-order valence-electron chi connectivity index (χ0n) is 15.4. The number of para-hydroxylation sites is 2. The quantitative estimate of drug-likeness (QED) is 0.655. The van der Waals surface area contributed by atoms with Crippen LogP contribution in [0.4, 0.5) is 5.69 Å². The van der Waals surface area contributed by atoms with Crippen LogP contribution >= 0.6 is 0 Å². The lowest BCUT2D eigenvalue weighted by Gasteiger charge is -2.21. The smallest absolute Gasteiger partial charge is 0.144 e. The minimum absolute atomic E-state index is 0.289. The highest BCUT2D eigenvalue weighted by Gasteiger charge is 2.16. The number of anilines is 1. The van der Waals surface area contributed by atoms with Gasteiger partial charge in [-0.3, -0.25) is 0 Å². The van der Waals surface area contributed by atoms with E-state index >= 15 is 0 Å². The molecular weight excluding hydrogens is 310 g/mol. The standard InChI is InChI=1S/C21H27N3O/c1-4-7-14-24-19-11-9-8-10-18(19)22-21(24)17-13-12-16(15-20(17)25)23(5-2)6-3/h8-13,15,25H,4-7,14H2,1-3H3. The lowest BCUT2D eigenvalue weighted by molar-refractivity contribution is 0.476. The van der Waals surface area contributed by atoms with E-state index in [0.29, 0.717) is 0 Å². The summed E-state index contributed by atoms with van der Waals surface area (Å²) in [4.78, 5) is 7.03. The monoisotopic (exact) mass is 337 g/mol. The summed E-state index contributed by atoms with van der Waals surface area (Å²) >= 11 is 0. The van der Waals surface area contributed by atoms with Gasteiger partial charge in [-0.05, 0) is 44.5 Å². The molecule has 1 N–H and O–H groups in total. The van der Waals surface area contributed by atoms with Crippen molar-refractivity contribution in [3.05, 3.63) is 42.5 Å². The van der Waals surface area contributed by atoms with Crippen molar-refractivity contribution < 1.29 is 5.11 Å². The van der Waals surface area contributed by atoms with Crippen molar-refractivity contribution in [3.8, 4) is 17.1 Å². The minimum Gasteiger partial charge on any atom is -0.507 e. The van der Waals surface area contributed by atoms with Crippen molar-refractivity contribution >= 4 is 16.7 Å². The van der Waals surface area contributed by atoms with E-state index in [0.717, 1.165) is 60.6 Å². The largest absolute Gasteiger partial charge is 0.507 e. The Balaban J connectivity index is 2.09. The molecule has 0 saturated carbocycles. The molecule has 0 aliphatic heterocycles. The summed E-state index contributed by atoms with van der Waals surface area (Å²) < 4.78 is 2.23. The highest BCUT2D eigenvalue weighted by Crippen LogP contribution is 2.34. The zero-order chi connectivity index (χ0) is 17.8. The van der Waals surface area contributed by atoms with Crippen LogP contribution < -0.4 is 4.90 Å². The number of aryl methyl sites for hydroxylation is 1. The fourth-order valence-corrected chi connectivity index (χ4v) is 3.32. The molecule has 0 aliphatic carbocycles. The Kier molecular flexibility index (Phi) is 5.27. The van der Waals surface area contributed by atoms with Crippen LogP contribution in [0.15, 0.2) is 42.5 Å². The molecule has 0 amide bonds. The summed E-state index contributed by atoms with van der Waals surface area (Å²) in [5, 5.41) is 10.7. The highest BCUT2D eigenvalue weighted by atomic mass is 16.3. The van der Waals surface area contributed by atoms with Gasteiger partial charge in [-0.2, -0.15) is 0 Å². The second-order valence-electron chi connectivity index (χ2n) is 6.30. The molecule has 3 rings (SSSR count). The Morgan fingerprint density at radius 1 is 1.04 bits per heavy atom. The van der Waals surface area contributed by atoms with Gasteiger partial charge in [-0.15, -0.1) is 0 Å². The van der Waals surface area contributed by atoms with Crippen molar-refractivity contribution in [1.82, 2.24) is 9.55 Å². The van der Waals surface area contributed by atoms with Gasteiger partial charge in [0.25, 0.3) is 0 Å². The molecule has 4 nitrogen and oxygen atoms in total. The van der Waals surface area contributed by atoms with Crippen molar-refractivity contribution in [2.24, 2.45) is 0 Å². The van der Waals surface area contributed by atoms with Crippen LogP contribution in [0, 0.1) is 0 Å². The molecule has 1 heterocycles.